The standard InChI is InChI=1S/C13H19NO3S/c1-2-3-4-5-13(15)14(11-6-7-11)12-8-9-18(16,17)10-12/h2-5,11-12H,6-10H2,1H3/b3-2+,5-4+/t12-/m1/s1. The van der Waals surface area contributed by atoms with Crippen molar-refractivity contribution in [1.82, 2.24) is 4.90 Å². The Labute approximate surface area is 108 Å². The fraction of sp³-hybridized carbons (Fsp3) is 0.615. The summed E-state index contributed by atoms with van der Waals surface area (Å²) >= 11 is 0. The van der Waals surface area contributed by atoms with Gasteiger partial charge in [0.1, 0.15) is 0 Å². The maximum Gasteiger partial charge on any atom is 0.247 e. The molecular formula is C13H19NO3S. The molecule has 0 spiro atoms. The average Bonchev–Trinajstić information content (AvgIpc) is 3.05. The highest BCUT2D eigenvalue weighted by Crippen LogP contribution is 2.32. The van der Waals surface area contributed by atoms with Gasteiger partial charge in [-0.15, -0.1) is 0 Å². The quantitative estimate of drug-likeness (QED) is 0.571. The third kappa shape index (κ3) is 3.22. The minimum atomic E-state index is -2.94. The molecule has 0 aromatic rings. The topological polar surface area (TPSA) is 54.5 Å². The van der Waals surface area contributed by atoms with Crippen molar-refractivity contribution in [3.63, 3.8) is 0 Å². The Hall–Kier alpha value is -1.10. The van der Waals surface area contributed by atoms with Gasteiger partial charge in [-0.1, -0.05) is 18.2 Å². The molecule has 100 valence electrons. The Balaban J connectivity index is 2.07. The molecule has 1 aliphatic carbocycles. The highest BCUT2D eigenvalue weighted by atomic mass is 32.2. The molecule has 5 heteroatoms. The Morgan fingerprint density at radius 3 is 2.39 bits per heavy atom. The molecule has 18 heavy (non-hydrogen) atoms. The second-order valence-electron chi connectivity index (χ2n) is 4.92. The summed E-state index contributed by atoms with van der Waals surface area (Å²) in [5.74, 6) is 0.289. The lowest BCUT2D eigenvalue weighted by Gasteiger charge is -2.27. The summed E-state index contributed by atoms with van der Waals surface area (Å²) in [5, 5.41) is 0. The van der Waals surface area contributed by atoms with E-state index in [0.29, 0.717) is 6.42 Å². The Kier molecular flexibility index (Phi) is 3.90. The van der Waals surface area contributed by atoms with Crippen molar-refractivity contribution in [2.75, 3.05) is 11.5 Å². The van der Waals surface area contributed by atoms with Gasteiger partial charge >= 0.3 is 0 Å². The summed E-state index contributed by atoms with van der Waals surface area (Å²) in [6, 6.07) is 0.135. The molecule has 4 nitrogen and oxygen atoms in total. The average molecular weight is 269 g/mol. The highest BCUT2D eigenvalue weighted by molar-refractivity contribution is 7.91. The number of amides is 1. The first-order valence-electron chi connectivity index (χ1n) is 6.35. The molecule has 1 aliphatic heterocycles. The number of sulfone groups is 1. The van der Waals surface area contributed by atoms with Gasteiger partial charge in [0.05, 0.1) is 11.5 Å². The molecule has 0 radical (unpaired) electrons. The molecule has 0 N–H and O–H groups in total. The Bertz CT molecular complexity index is 474. The van der Waals surface area contributed by atoms with Crippen molar-refractivity contribution >= 4 is 15.7 Å². The Morgan fingerprint density at radius 2 is 1.89 bits per heavy atom. The first kappa shape index (κ1) is 13.3. The number of hydrogen-bond acceptors (Lipinski definition) is 3. The van der Waals surface area contributed by atoms with E-state index in [1.807, 2.05) is 13.0 Å². The molecule has 0 aromatic carbocycles. The normalized spacial score (nSPS) is 27.1. The number of nitrogens with zero attached hydrogens (tertiary/aromatic N) is 1. The monoisotopic (exact) mass is 269 g/mol. The van der Waals surface area contributed by atoms with E-state index in [4.69, 9.17) is 0 Å². The van der Waals surface area contributed by atoms with E-state index >= 15 is 0 Å². The van der Waals surface area contributed by atoms with Crippen LogP contribution in [0.15, 0.2) is 24.3 Å². The van der Waals surface area contributed by atoms with E-state index in [2.05, 4.69) is 0 Å². The highest BCUT2D eigenvalue weighted by Gasteiger charge is 2.41. The molecule has 1 amide bonds. The number of rotatable bonds is 4. The van der Waals surface area contributed by atoms with Crippen LogP contribution in [0.1, 0.15) is 26.2 Å². The smallest absolute Gasteiger partial charge is 0.247 e. The number of carbonyl (C=O) groups excluding carboxylic acids is 1. The van der Waals surface area contributed by atoms with Crippen molar-refractivity contribution in [2.24, 2.45) is 0 Å². The molecule has 2 rings (SSSR count). The molecule has 2 aliphatic rings. The van der Waals surface area contributed by atoms with Gasteiger partial charge in [0.25, 0.3) is 0 Å². The molecule has 0 aromatic heterocycles. The number of allylic oxidation sites excluding steroid dienone is 3. The van der Waals surface area contributed by atoms with Crippen LogP contribution < -0.4 is 0 Å². The maximum absolute atomic E-state index is 12.1. The summed E-state index contributed by atoms with van der Waals surface area (Å²) in [7, 11) is -2.94. The predicted octanol–water partition coefficient (Wildman–Crippen LogP) is 1.30. The van der Waals surface area contributed by atoms with Crippen molar-refractivity contribution in [3.8, 4) is 0 Å². The number of carbonyl (C=O) groups is 1. The van der Waals surface area contributed by atoms with Crippen LogP contribution in [0.25, 0.3) is 0 Å². The zero-order valence-corrected chi connectivity index (χ0v) is 11.4. The van der Waals surface area contributed by atoms with E-state index in [1.54, 1.807) is 17.1 Å². The van der Waals surface area contributed by atoms with Crippen molar-refractivity contribution in [1.29, 1.82) is 0 Å². The summed E-state index contributed by atoms with van der Waals surface area (Å²) in [4.78, 5) is 13.9. The van der Waals surface area contributed by atoms with Crippen molar-refractivity contribution < 1.29 is 13.2 Å². The van der Waals surface area contributed by atoms with Gasteiger partial charge in [-0.25, -0.2) is 8.42 Å². The van der Waals surface area contributed by atoms with Gasteiger partial charge < -0.3 is 4.90 Å². The van der Waals surface area contributed by atoms with E-state index < -0.39 is 9.84 Å². The zero-order chi connectivity index (χ0) is 13.2. The van der Waals surface area contributed by atoms with E-state index in [0.717, 1.165) is 12.8 Å². The first-order valence-corrected chi connectivity index (χ1v) is 8.18. The van der Waals surface area contributed by atoms with Crippen molar-refractivity contribution in [2.45, 2.75) is 38.3 Å². The van der Waals surface area contributed by atoms with Crippen LogP contribution in [0.5, 0.6) is 0 Å². The van der Waals surface area contributed by atoms with Crippen molar-refractivity contribution in [3.05, 3.63) is 24.3 Å². The van der Waals surface area contributed by atoms with Crippen LogP contribution in [0.2, 0.25) is 0 Å². The Morgan fingerprint density at radius 1 is 1.17 bits per heavy atom. The van der Waals surface area contributed by atoms with Gasteiger partial charge in [0.15, 0.2) is 9.84 Å². The van der Waals surface area contributed by atoms with Crippen LogP contribution in [0.4, 0.5) is 0 Å². The molecule has 0 bridgehead atoms. The van der Waals surface area contributed by atoms with E-state index in [1.165, 1.54) is 6.08 Å². The minimum Gasteiger partial charge on any atom is -0.332 e. The van der Waals surface area contributed by atoms with Crippen LogP contribution in [0.3, 0.4) is 0 Å². The lowest BCUT2D eigenvalue weighted by Crippen LogP contribution is -2.41. The van der Waals surface area contributed by atoms with Gasteiger partial charge in [-0.3, -0.25) is 4.79 Å². The molecule has 0 unspecified atom stereocenters. The van der Waals surface area contributed by atoms with Gasteiger partial charge in [-0.05, 0) is 26.2 Å². The lowest BCUT2D eigenvalue weighted by molar-refractivity contribution is -0.128. The molecule has 2 fully saturated rings. The second-order valence-corrected chi connectivity index (χ2v) is 7.15. The zero-order valence-electron chi connectivity index (χ0n) is 10.6. The predicted molar refractivity (Wildman–Crippen MR) is 70.9 cm³/mol. The summed E-state index contributed by atoms with van der Waals surface area (Å²) in [6.45, 7) is 1.89. The summed E-state index contributed by atoms with van der Waals surface area (Å²) in [5.41, 5.74) is 0. The fourth-order valence-corrected chi connectivity index (χ4v) is 4.05. The third-order valence-corrected chi connectivity index (χ3v) is 5.09. The van der Waals surface area contributed by atoms with Gasteiger partial charge in [-0.2, -0.15) is 0 Å². The lowest BCUT2D eigenvalue weighted by atomic mass is 10.2. The molecule has 1 saturated heterocycles. The van der Waals surface area contributed by atoms with Crippen LogP contribution in [-0.4, -0.2) is 42.8 Å². The third-order valence-electron chi connectivity index (χ3n) is 3.34. The van der Waals surface area contributed by atoms with E-state index in [-0.39, 0.29) is 29.5 Å². The van der Waals surface area contributed by atoms with Crippen LogP contribution in [0, 0.1) is 0 Å². The second kappa shape index (κ2) is 5.26. The fourth-order valence-electron chi connectivity index (χ4n) is 2.34. The number of hydrogen-bond donors (Lipinski definition) is 0. The van der Waals surface area contributed by atoms with Crippen LogP contribution in [-0.2, 0) is 14.6 Å². The molecule has 1 heterocycles. The molecular weight excluding hydrogens is 250 g/mol. The summed E-state index contributed by atoms with van der Waals surface area (Å²) in [6.07, 6.45) is 9.48. The largest absolute Gasteiger partial charge is 0.332 e. The van der Waals surface area contributed by atoms with Gasteiger partial charge in [0, 0.05) is 18.2 Å². The van der Waals surface area contributed by atoms with E-state index in [9.17, 15) is 13.2 Å². The molecule has 1 atom stereocenters. The SMILES string of the molecule is C/C=C/C=C/C(=O)N(C1CC1)[C@@H]1CCS(=O)(=O)C1. The maximum atomic E-state index is 12.1. The first-order chi connectivity index (χ1) is 8.53. The summed E-state index contributed by atoms with van der Waals surface area (Å²) < 4.78 is 23.0. The molecule has 1 saturated carbocycles. The van der Waals surface area contributed by atoms with Gasteiger partial charge in [0.2, 0.25) is 5.91 Å². The minimum absolute atomic E-state index is 0.0577. The van der Waals surface area contributed by atoms with Crippen LogP contribution >= 0.6 is 0 Å².